The first kappa shape index (κ1) is 24.0. The van der Waals surface area contributed by atoms with Crippen LogP contribution in [0.2, 0.25) is 0 Å². The predicted molar refractivity (Wildman–Crippen MR) is 126 cm³/mol. The highest BCUT2D eigenvalue weighted by Crippen LogP contribution is 2.20. The molecule has 0 aromatic heterocycles. The van der Waals surface area contributed by atoms with Gasteiger partial charge in [0.05, 0.1) is 0 Å². The number of amides is 2. The number of rotatable bonds is 10. The third kappa shape index (κ3) is 7.52. The van der Waals surface area contributed by atoms with Crippen molar-refractivity contribution in [2.45, 2.75) is 71.0 Å². The quantitative estimate of drug-likeness (QED) is 0.537. The van der Waals surface area contributed by atoms with Crippen LogP contribution in [0.1, 0.15) is 50.3 Å². The first-order valence-electron chi connectivity index (χ1n) is 10.6. The summed E-state index contributed by atoms with van der Waals surface area (Å²) >= 11 is 1.67. The second-order valence-electron chi connectivity index (χ2n) is 7.92. The van der Waals surface area contributed by atoms with E-state index in [-0.39, 0.29) is 17.9 Å². The van der Waals surface area contributed by atoms with Gasteiger partial charge < -0.3 is 10.2 Å². The van der Waals surface area contributed by atoms with E-state index >= 15 is 0 Å². The average molecular weight is 427 g/mol. The minimum atomic E-state index is -0.517. The van der Waals surface area contributed by atoms with Gasteiger partial charge in [0.25, 0.3) is 0 Å². The first-order valence-corrected chi connectivity index (χ1v) is 11.6. The number of benzene rings is 2. The van der Waals surface area contributed by atoms with Crippen LogP contribution >= 0.6 is 11.8 Å². The number of hydrogen-bond donors (Lipinski definition) is 1. The number of thioether (sulfide) groups is 1. The van der Waals surface area contributed by atoms with Crippen LogP contribution < -0.4 is 5.32 Å². The van der Waals surface area contributed by atoms with Gasteiger partial charge in [0.15, 0.2) is 0 Å². The third-order valence-corrected chi connectivity index (χ3v) is 6.22. The normalized spacial score (nSPS) is 12.8. The van der Waals surface area contributed by atoms with Crippen molar-refractivity contribution in [1.29, 1.82) is 0 Å². The van der Waals surface area contributed by atoms with Gasteiger partial charge in [0.2, 0.25) is 11.8 Å². The maximum atomic E-state index is 13.1. The second kappa shape index (κ2) is 11.8. The number of nitrogens with zero attached hydrogens (tertiary/aromatic N) is 1. The van der Waals surface area contributed by atoms with Crippen molar-refractivity contribution in [3.8, 4) is 0 Å². The Morgan fingerprint density at radius 2 is 1.73 bits per heavy atom. The molecule has 4 nitrogen and oxygen atoms in total. The Hall–Kier alpha value is -2.27. The molecule has 2 aromatic carbocycles. The molecule has 2 amide bonds. The van der Waals surface area contributed by atoms with Crippen molar-refractivity contribution >= 4 is 23.6 Å². The van der Waals surface area contributed by atoms with Crippen LogP contribution in [0.15, 0.2) is 53.4 Å². The monoisotopic (exact) mass is 426 g/mol. The zero-order valence-electron chi connectivity index (χ0n) is 18.8. The lowest BCUT2D eigenvalue weighted by molar-refractivity contribution is -0.140. The van der Waals surface area contributed by atoms with E-state index in [4.69, 9.17) is 0 Å². The Balaban J connectivity index is 2.07. The molecule has 0 heterocycles. The molecule has 0 aliphatic rings. The van der Waals surface area contributed by atoms with E-state index in [0.717, 1.165) is 22.4 Å². The molecule has 1 N–H and O–H groups in total. The lowest BCUT2D eigenvalue weighted by atomic mass is 10.1. The molecular weight excluding hydrogens is 392 g/mol. The molecule has 0 radical (unpaired) electrons. The summed E-state index contributed by atoms with van der Waals surface area (Å²) in [6.07, 6.45) is 1.25. The molecular formula is C25H34N2O2S. The zero-order valence-corrected chi connectivity index (χ0v) is 19.6. The first-order chi connectivity index (χ1) is 14.3. The van der Waals surface area contributed by atoms with Gasteiger partial charge in [-0.2, -0.15) is 0 Å². The van der Waals surface area contributed by atoms with Crippen LogP contribution in [0.4, 0.5) is 0 Å². The molecule has 2 atom stereocenters. The fourth-order valence-electron chi connectivity index (χ4n) is 3.09. The Labute approximate surface area is 185 Å². The fourth-order valence-corrected chi connectivity index (χ4v) is 3.93. The van der Waals surface area contributed by atoms with E-state index < -0.39 is 6.04 Å². The fraction of sp³-hybridized carbons (Fsp3) is 0.440. The molecule has 0 saturated carbocycles. The zero-order chi connectivity index (χ0) is 22.1. The summed E-state index contributed by atoms with van der Waals surface area (Å²) in [5, 5.41) is 3.01. The highest BCUT2D eigenvalue weighted by molar-refractivity contribution is 7.99. The van der Waals surface area contributed by atoms with Gasteiger partial charge in [0, 0.05) is 29.7 Å². The highest BCUT2D eigenvalue weighted by Gasteiger charge is 2.26. The summed E-state index contributed by atoms with van der Waals surface area (Å²) in [5.74, 6) is 0.589. The molecule has 0 spiro atoms. The third-order valence-electron chi connectivity index (χ3n) is 5.21. The van der Waals surface area contributed by atoms with Gasteiger partial charge in [-0.15, -0.1) is 11.8 Å². The molecule has 162 valence electrons. The summed E-state index contributed by atoms with van der Waals surface area (Å²) in [7, 11) is 0. The number of carbonyl (C=O) groups excluding carboxylic acids is 2. The van der Waals surface area contributed by atoms with Crippen LogP contribution in [0.25, 0.3) is 0 Å². The Bertz CT molecular complexity index is 835. The number of aryl methyl sites for hydroxylation is 2. The number of nitrogens with one attached hydrogen (secondary N) is 1. The minimum Gasteiger partial charge on any atom is -0.352 e. The summed E-state index contributed by atoms with van der Waals surface area (Å²) in [5.41, 5.74) is 3.41. The Morgan fingerprint density at radius 3 is 2.37 bits per heavy atom. The van der Waals surface area contributed by atoms with E-state index in [1.54, 1.807) is 16.7 Å². The van der Waals surface area contributed by atoms with Crippen molar-refractivity contribution in [1.82, 2.24) is 10.2 Å². The van der Waals surface area contributed by atoms with Gasteiger partial charge in [-0.25, -0.2) is 0 Å². The Morgan fingerprint density at radius 1 is 1.03 bits per heavy atom. The lowest BCUT2D eigenvalue weighted by Gasteiger charge is -2.30. The van der Waals surface area contributed by atoms with Crippen LogP contribution in [0.5, 0.6) is 0 Å². The number of hydrogen-bond acceptors (Lipinski definition) is 3. The molecule has 0 fully saturated rings. The molecule has 0 aliphatic carbocycles. The highest BCUT2D eigenvalue weighted by atomic mass is 32.2. The molecule has 30 heavy (non-hydrogen) atoms. The lowest BCUT2D eigenvalue weighted by Crippen LogP contribution is -2.49. The van der Waals surface area contributed by atoms with Crippen LogP contribution in [-0.2, 0) is 16.1 Å². The van der Waals surface area contributed by atoms with E-state index in [1.165, 1.54) is 5.56 Å². The molecule has 2 aromatic rings. The second-order valence-corrected chi connectivity index (χ2v) is 9.08. The average Bonchev–Trinajstić information content (AvgIpc) is 2.72. The van der Waals surface area contributed by atoms with Crippen molar-refractivity contribution in [2.24, 2.45) is 0 Å². The smallest absolute Gasteiger partial charge is 0.242 e. The van der Waals surface area contributed by atoms with E-state index in [9.17, 15) is 9.59 Å². The van der Waals surface area contributed by atoms with Crippen molar-refractivity contribution in [3.63, 3.8) is 0 Å². The summed E-state index contributed by atoms with van der Waals surface area (Å²) in [4.78, 5) is 28.7. The van der Waals surface area contributed by atoms with Crippen molar-refractivity contribution in [3.05, 3.63) is 65.2 Å². The van der Waals surface area contributed by atoms with E-state index in [0.29, 0.717) is 18.7 Å². The molecule has 2 rings (SSSR count). The molecule has 0 saturated heterocycles. The minimum absolute atomic E-state index is 0.00270. The molecule has 0 unspecified atom stereocenters. The van der Waals surface area contributed by atoms with Crippen molar-refractivity contribution in [2.75, 3.05) is 5.75 Å². The Kier molecular flexibility index (Phi) is 9.44. The summed E-state index contributed by atoms with van der Waals surface area (Å²) in [6, 6.07) is 16.0. The summed E-state index contributed by atoms with van der Waals surface area (Å²) in [6.45, 7) is 10.4. The molecule has 0 bridgehead atoms. The van der Waals surface area contributed by atoms with Gasteiger partial charge in [-0.1, -0.05) is 54.4 Å². The van der Waals surface area contributed by atoms with Gasteiger partial charge >= 0.3 is 0 Å². The molecule has 0 aliphatic heterocycles. The van der Waals surface area contributed by atoms with Gasteiger partial charge in [-0.3, -0.25) is 9.59 Å². The van der Waals surface area contributed by atoms with Crippen LogP contribution in [0.3, 0.4) is 0 Å². The number of carbonyl (C=O) groups is 2. The topological polar surface area (TPSA) is 49.4 Å². The standard InChI is InChI=1S/C25H34N2O2S/c1-6-20(4)26-25(29)21(5)27(17-22-9-7-8-19(3)16-22)24(28)14-15-30-23-12-10-18(2)11-13-23/h7-13,16,20-21H,6,14-15,17H2,1-5H3,(H,26,29)/t20-,21+/m0/s1. The maximum Gasteiger partial charge on any atom is 0.242 e. The maximum absolute atomic E-state index is 13.1. The summed E-state index contributed by atoms with van der Waals surface area (Å²) < 4.78 is 0. The van der Waals surface area contributed by atoms with Crippen molar-refractivity contribution < 1.29 is 9.59 Å². The van der Waals surface area contributed by atoms with Gasteiger partial charge in [0.1, 0.15) is 6.04 Å². The predicted octanol–water partition coefficient (Wildman–Crippen LogP) is 5.12. The van der Waals surface area contributed by atoms with Gasteiger partial charge in [-0.05, 0) is 51.8 Å². The van der Waals surface area contributed by atoms with E-state index in [1.807, 2.05) is 45.9 Å². The van der Waals surface area contributed by atoms with E-state index in [2.05, 4.69) is 42.6 Å². The van der Waals surface area contributed by atoms with Crippen LogP contribution in [0, 0.1) is 13.8 Å². The largest absolute Gasteiger partial charge is 0.352 e. The van der Waals surface area contributed by atoms with Crippen LogP contribution in [-0.4, -0.2) is 34.6 Å². The molecule has 5 heteroatoms. The SMILES string of the molecule is CC[C@H](C)NC(=O)[C@@H](C)N(Cc1cccc(C)c1)C(=O)CCSc1ccc(C)cc1.